The molecular weight excluding hydrogens is 351 g/mol. The van der Waals surface area contributed by atoms with Gasteiger partial charge in [0.2, 0.25) is 0 Å². The summed E-state index contributed by atoms with van der Waals surface area (Å²) < 4.78 is 18.9. The van der Waals surface area contributed by atoms with Crippen molar-refractivity contribution in [3.05, 3.63) is 58.9 Å². The van der Waals surface area contributed by atoms with Gasteiger partial charge in [-0.15, -0.1) is 0 Å². The second-order valence-corrected chi connectivity index (χ2v) is 7.99. The molecule has 0 spiro atoms. The van der Waals surface area contributed by atoms with E-state index in [4.69, 9.17) is 4.74 Å². The zero-order chi connectivity index (χ0) is 20.5. The Kier molecular flexibility index (Phi) is 5.47. The van der Waals surface area contributed by atoms with Crippen LogP contribution < -0.4 is 9.64 Å². The Morgan fingerprint density at radius 2 is 2.00 bits per heavy atom. The molecule has 4 heteroatoms. The van der Waals surface area contributed by atoms with Crippen molar-refractivity contribution in [1.29, 1.82) is 5.26 Å². The molecule has 0 bridgehead atoms. The fourth-order valence-electron chi connectivity index (χ4n) is 4.38. The first kappa shape index (κ1) is 19.9. The third kappa shape index (κ3) is 3.62. The van der Waals surface area contributed by atoms with Gasteiger partial charge in [0, 0.05) is 29.4 Å². The van der Waals surface area contributed by atoms with E-state index in [0.717, 1.165) is 24.3 Å². The van der Waals surface area contributed by atoms with Crippen molar-refractivity contribution in [2.24, 2.45) is 0 Å². The molecule has 1 atom stereocenters. The number of methoxy groups -OCH3 is 1. The summed E-state index contributed by atoms with van der Waals surface area (Å²) in [6.45, 7) is 9.89. The van der Waals surface area contributed by atoms with Crippen molar-refractivity contribution in [2.75, 3.05) is 18.6 Å². The third-order valence-corrected chi connectivity index (χ3v) is 5.63. The zero-order valence-electron chi connectivity index (χ0n) is 17.2. The number of hydrogen-bond donors (Lipinski definition) is 0. The highest BCUT2D eigenvalue weighted by Crippen LogP contribution is 2.46. The number of halogens is 1. The number of ether oxygens (including phenoxy) is 1. The van der Waals surface area contributed by atoms with E-state index in [9.17, 15) is 9.65 Å². The van der Waals surface area contributed by atoms with E-state index < -0.39 is 0 Å². The molecule has 1 unspecified atom stereocenters. The van der Waals surface area contributed by atoms with Crippen LogP contribution in [0.1, 0.15) is 56.7 Å². The van der Waals surface area contributed by atoms with Crippen molar-refractivity contribution >= 4 is 17.3 Å². The molecule has 1 aliphatic rings. The molecule has 3 rings (SSSR count). The lowest BCUT2D eigenvalue weighted by Crippen LogP contribution is -2.48. The summed E-state index contributed by atoms with van der Waals surface area (Å²) in [6, 6.07) is 12.4. The second-order valence-electron chi connectivity index (χ2n) is 7.99. The molecule has 2 aromatic carbocycles. The predicted molar refractivity (Wildman–Crippen MR) is 113 cm³/mol. The van der Waals surface area contributed by atoms with Crippen LogP contribution in [0.5, 0.6) is 5.75 Å². The number of rotatable bonds is 4. The lowest BCUT2D eigenvalue weighted by molar-refractivity contribution is 0.377. The standard InChI is InChI=1S/C24H27FN2O/c1-6-27-22-13-23(28-5)18(12-21(22)16(2)14-24(27,3)4)11-19(15-26)17-7-9-20(25)10-8-17/h7-13,16H,6,14H2,1-5H3/b19-11+. The van der Waals surface area contributed by atoms with Gasteiger partial charge in [-0.3, -0.25) is 0 Å². The molecule has 0 amide bonds. The van der Waals surface area contributed by atoms with E-state index in [2.05, 4.69) is 50.8 Å². The van der Waals surface area contributed by atoms with Crippen LogP contribution in [0.2, 0.25) is 0 Å². The molecule has 0 N–H and O–H groups in total. The van der Waals surface area contributed by atoms with E-state index in [1.807, 2.05) is 6.08 Å². The normalized spacial score (nSPS) is 18.4. The summed E-state index contributed by atoms with van der Waals surface area (Å²) in [5.41, 5.74) is 4.58. The highest BCUT2D eigenvalue weighted by atomic mass is 19.1. The van der Waals surface area contributed by atoms with E-state index in [1.165, 1.54) is 23.4 Å². The monoisotopic (exact) mass is 378 g/mol. The van der Waals surface area contributed by atoms with E-state index in [-0.39, 0.29) is 11.4 Å². The SMILES string of the molecule is CCN1c2cc(OC)c(/C=C(\C#N)c3ccc(F)cc3)cc2C(C)CC1(C)C. The average Bonchev–Trinajstić information content (AvgIpc) is 2.66. The fourth-order valence-corrected chi connectivity index (χ4v) is 4.38. The number of anilines is 1. The van der Waals surface area contributed by atoms with Gasteiger partial charge in [0.1, 0.15) is 11.6 Å². The Labute approximate surface area is 167 Å². The van der Waals surface area contributed by atoms with E-state index in [0.29, 0.717) is 17.1 Å². The Hall–Kier alpha value is -2.80. The van der Waals surface area contributed by atoms with Crippen LogP contribution in [0.15, 0.2) is 36.4 Å². The van der Waals surface area contributed by atoms with Crippen LogP contribution >= 0.6 is 0 Å². The molecule has 0 radical (unpaired) electrons. The molecule has 3 nitrogen and oxygen atoms in total. The molecule has 0 fully saturated rings. The summed E-state index contributed by atoms with van der Waals surface area (Å²) >= 11 is 0. The van der Waals surface area contributed by atoms with Gasteiger partial charge in [-0.1, -0.05) is 19.1 Å². The quantitative estimate of drug-likeness (QED) is 0.483. The Morgan fingerprint density at radius 1 is 1.32 bits per heavy atom. The van der Waals surface area contributed by atoms with Crippen LogP contribution in [-0.4, -0.2) is 19.2 Å². The van der Waals surface area contributed by atoms with Gasteiger partial charge in [0.25, 0.3) is 0 Å². The summed E-state index contributed by atoms with van der Waals surface area (Å²) in [4.78, 5) is 2.42. The minimum absolute atomic E-state index is 0.0788. The van der Waals surface area contributed by atoms with Crippen LogP contribution in [0.3, 0.4) is 0 Å². The number of benzene rings is 2. The average molecular weight is 378 g/mol. The first-order valence-electron chi connectivity index (χ1n) is 9.68. The van der Waals surface area contributed by atoms with Crippen LogP contribution in [0, 0.1) is 17.1 Å². The van der Waals surface area contributed by atoms with Gasteiger partial charge in [-0.2, -0.15) is 5.26 Å². The minimum Gasteiger partial charge on any atom is -0.496 e. The maximum Gasteiger partial charge on any atom is 0.128 e. The molecule has 2 aromatic rings. The predicted octanol–water partition coefficient (Wildman–Crippen LogP) is 6.01. The molecule has 1 aliphatic heterocycles. The number of fused-ring (bicyclic) bond motifs is 1. The Morgan fingerprint density at radius 3 is 2.57 bits per heavy atom. The minimum atomic E-state index is -0.316. The molecule has 0 saturated heterocycles. The second kappa shape index (κ2) is 7.67. The number of hydrogen-bond acceptors (Lipinski definition) is 3. The maximum atomic E-state index is 13.2. The van der Waals surface area contributed by atoms with Crippen LogP contribution in [-0.2, 0) is 0 Å². The number of nitrogens with zero attached hydrogens (tertiary/aromatic N) is 2. The van der Waals surface area contributed by atoms with Gasteiger partial charge in [-0.25, -0.2) is 4.39 Å². The maximum absolute atomic E-state index is 13.2. The molecule has 0 aromatic heterocycles. The zero-order valence-corrected chi connectivity index (χ0v) is 17.2. The van der Waals surface area contributed by atoms with Gasteiger partial charge in [0.15, 0.2) is 0 Å². The van der Waals surface area contributed by atoms with Crippen LogP contribution in [0.4, 0.5) is 10.1 Å². The number of nitriles is 1. The molecule has 0 saturated carbocycles. The van der Waals surface area contributed by atoms with Crippen molar-refractivity contribution < 1.29 is 9.13 Å². The Balaban J connectivity index is 2.14. The fraction of sp³-hybridized carbons (Fsp3) is 0.375. The van der Waals surface area contributed by atoms with Crippen molar-refractivity contribution in [3.8, 4) is 11.8 Å². The number of allylic oxidation sites excluding steroid dienone is 1. The van der Waals surface area contributed by atoms with Crippen molar-refractivity contribution in [3.63, 3.8) is 0 Å². The molecule has 0 aliphatic carbocycles. The van der Waals surface area contributed by atoms with Gasteiger partial charge in [0.05, 0.1) is 18.8 Å². The van der Waals surface area contributed by atoms with Crippen molar-refractivity contribution in [1.82, 2.24) is 0 Å². The smallest absolute Gasteiger partial charge is 0.128 e. The summed E-state index contributed by atoms with van der Waals surface area (Å²) in [5.74, 6) is 0.822. The third-order valence-electron chi connectivity index (χ3n) is 5.63. The molecule has 146 valence electrons. The lowest BCUT2D eigenvalue weighted by Gasteiger charge is -2.47. The first-order chi connectivity index (χ1) is 13.3. The lowest BCUT2D eigenvalue weighted by atomic mass is 9.79. The molecule has 1 heterocycles. The van der Waals surface area contributed by atoms with Gasteiger partial charge in [-0.05, 0) is 68.5 Å². The largest absolute Gasteiger partial charge is 0.496 e. The van der Waals surface area contributed by atoms with Gasteiger partial charge < -0.3 is 9.64 Å². The highest BCUT2D eigenvalue weighted by molar-refractivity contribution is 5.91. The van der Waals surface area contributed by atoms with E-state index >= 15 is 0 Å². The Bertz CT molecular complexity index is 938. The molecular formula is C24H27FN2O. The van der Waals surface area contributed by atoms with E-state index in [1.54, 1.807) is 19.2 Å². The first-order valence-corrected chi connectivity index (χ1v) is 9.68. The summed E-state index contributed by atoms with van der Waals surface area (Å²) in [5, 5.41) is 9.65. The van der Waals surface area contributed by atoms with Gasteiger partial charge >= 0.3 is 0 Å². The molecule has 28 heavy (non-hydrogen) atoms. The highest BCUT2D eigenvalue weighted by Gasteiger charge is 2.36. The summed E-state index contributed by atoms with van der Waals surface area (Å²) in [6.07, 6.45) is 2.89. The summed E-state index contributed by atoms with van der Waals surface area (Å²) in [7, 11) is 1.65. The van der Waals surface area contributed by atoms with Crippen LogP contribution in [0.25, 0.3) is 11.6 Å². The topological polar surface area (TPSA) is 36.3 Å². The van der Waals surface area contributed by atoms with Crippen molar-refractivity contribution in [2.45, 2.75) is 45.6 Å².